The van der Waals surface area contributed by atoms with Gasteiger partial charge in [0.05, 0.1) is 5.02 Å². The fourth-order valence-electron chi connectivity index (χ4n) is 1.95. The van der Waals surface area contributed by atoms with Crippen LogP contribution in [0.3, 0.4) is 0 Å². The fraction of sp³-hybridized carbons (Fsp3) is 0.455. The summed E-state index contributed by atoms with van der Waals surface area (Å²) in [5.74, 6) is -0.302. The summed E-state index contributed by atoms with van der Waals surface area (Å²) in [5.41, 5.74) is 2.19. The highest BCUT2D eigenvalue weighted by Gasteiger charge is 2.20. The molecule has 2 nitrogen and oxygen atoms in total. The van der Waals surface area contributed by atoms with E-state index in [0.29, 0.717) is 0 Å². The van der Waals surface area contributed by atoms with Crippen LogP contribution in [0, 0.1) is 5.82 Å². The summed E-state index contributed by atoms with van der Waals surface area (Å²) in [5, 5.41) is 0.228. The fourth-order valence-corrected chi connectivity index (χ4v) is 2.11. The first kappa shape index (κ1) is 12.3. The molecule has 0 bridgehead atoms. The van der Waals surface area contributed by atoms with Gasteiger partial charge in [-0.25, -0.2) is 4.39 Å². The van der Waals surface area contributed by atoms with E-state index < -0.39 is 0 Å². The van der Waals surface area contributed by atoms with Crippen molar-refractivity contribution in [3.63, 3.8) is 0 Å². The van der Waals surface area contributed by atoms with Gasteiger partial charge in [-0.15, -0.1) is 0 Å². The Hall–Kier alpha value is -0.800. The molecule has 0 spiro atoms. The maximum Gasteiger partial charge on any atom is 0.142 e. The maximum absolute atomic E-state index is 13.1. The van der Waals surface area contributed by atoms with Gasteiger partial charge in [-0.2, -0.15) is 0 Å². The minimum Gasteiger partial charge on any atom is -0.371 e. The van der Waals surface area contributed by atoms with Crippen molar-refractivity contribution in [2.45, 2.75) is 19.8 Å². The highest BCUT2D eigenvalue weighted by atomic mass is 35.5. The molecule has 1 aromatic rings. The number of fused-ring (bicyclic) bond motifs is 1. The van der Waals surface area contributed by atoms with Gasteiger partial charge in [-0.1, -0.05) is 18.5 Å². The largest absolute Gasteiger partial charge is 0.371 e. The van der Waals surface area contributed by atoms with Gasteiger partial charge in [0.25, 0.3) is 0 Å². The predicted octanol–water partition coefficient (Wildman–Crippen LogP) is 3.41. The minimum atomic E-state index is -0.302. The minimum absolute atomic E-state index is 0. The van der Waals surface area contributed by atoms with Crippen molar-refractivity contribution in [2.75, 3.05) is 18.0 Å². The highest BCUT2D eigenvalue weighted by molar-refractivity contribution is 6.31. The zero-order valence-corrected chi connectivity index (χ0v) is 9.65. The topological polar surface area (TPSA) is 38.2 Å². The monoisotopic (exact) mass is 230 g/mol. The van der Waals surface area contributed by atoms with Crippen molar-refractivity contribution >= 4 is 17.3 Å². The number of rotatable bonds is 2. The van der Waals surface area contributed by atoms with Crippen molar-refractivity contribution in [3.8, 4) is 0 Å². The molecule has 0 saturated carbocycles. The molecule has 4 heteroatoms. The Balaban J connectivity index is 0.00000112. The molecule has 0 fully saturated rings. The third kappa shape index (κ3) is 2.24. The molecule has 15 heavy (non-hydrogen) atoms. The third-order valence-corrected chi connectivity index (χ3v) is 2.90. The van der Waals surface area contributed by atoms with Crippen LogP contribution >= 0.6 is 11.6 Å². The molecule has 0 amide bonds. The summed E-state index contributed by atoms with van der Waals surface area (Å²) in [4.78, 5) is 2.26. The van der Waals surface area contributed by atoms with E-state index in [1.165, 1.54) is 0 Å². The summed E-state index contributed by atoms with van der Waals surface area (Å²) in [7, 11) is 0. The lowest BCUT2D eigenvalue weighted by Gasteiger charge is -2.18. The van der Waals surface area contributed by atoms with E-state index >= 15 is 0 Å². The number of halogens is 2. The van der Waals surface area contributed by atoms with Crippen LogP contribution in [0.5, 0.6) is 0 Å². The lowest BCUT2D eigenvalue weighted by molar-refractivity contribution is 0.627. The third-order valence-electron chi connectivity index (χ3n) is 2.61. The SMILES string of the molecule is CCCN1CCc2cc(F)c(Cl)cc21.N. The van der Waals surface area contributed by atoms with Crippen LogP contribution in [-0.4, -0.2) is 13.1 Å². The van der Waals surface area contributed by atoms with Crippen LogP contribution in [0.25, 0.3) is 0 Å². The van der Waals surface area contributed by atoms with Gasteiger partial charge in [0.2, 0.25) is 0 Å². The van der Waals surface area contributed by atoms with Gasteiger partial charge in [0, 0.05) is 18.8 Å². The van der Waals surface area contributed by atoms with Crippen molar-refractivity contribution < 1.29 is 4.39 Å². The zero-order valence-electron chi connectivity index (χ0n) is 8.89. The molecule has 0 atom stereocenters. The molecule has 3 N–H and O–H groups in total. The van der Waals surface area contributed by atoms with Crippen LogP contribution in [0.1, 0.15) is 18.9 Å². The lowest BCUT2D eigenvalue weighted by Crippen LogP contribution is -2.20. The maximum atomic E-state index is 13.1. The normalized spacial score (nSPS) is 13.7. The summed E-state index contributed by atoms with van der Waals surface area (Å²) in [6.07, 6.45) is 2.04. The highest BCUT2D eigenvalue weighted by Crippen LogP contribution is 2.32. The van der Waals surface area contributed by atoms with E-state index in [1.54, 1.807) is 12.1 Å². The second kappa shape index (κ2) is 4.81. The molecule has 0 unspecified atom stereocenters. The summed E-state index contributed by atoms with van der Waals surface area (Å²) in [6, 6.07) is 3.31. The number of nitrogens with zero attached hydrogens (tertiary/aromatic N) is 1. The van der Waals surface area contributed by atoms with Crippen LogP contribution in [0.15, 0.2) is 12.1 Å². The molecular formula is C11H16ClFN2. The number of anilines is 1. The predicted molar refractivity (Wildman–Crippen MR) is 62.6 cm³/mol. The Labute approximate surface area is 94.6 Å². The number of hydrogen-bond donors (Lipinski definition) is 1. The van der Waals surface area contributed by atoms with Crippen LogP contribution in [0.2, 0.25) is 5.02 Å². The van der Waals surface area contributed by atoms with Gasteiger partial charge in [0.15, 0.2) is 0 Å². The van der Waals surface area contributed by atoms with Gasteiger partial charge >= 0.3 is 0 Å². The molecule has 1 heterocycles. The first-order valence-corrected chi connectivity index (χ1v) is 5.33. The molecule has 2 rings (SSSR count). The lowest BCUT2D eigenvalue weighted by atomic mass is 10.1. The van der Waals surface area contributed by atoms with E-state index in [0.717, 1.165) is 37.2 Å². The zero-order chi connectivity index (χ0) is 10.1. The molecule has 0 aromatic heterocycles. The number of hydrogen-bond acceptors (Lipinski definition) is 2. The Morgan fingerprint density at radius 1 is 1.47 bits per heavy atom. The first-order chi connectivity index (χ1) is 6.72. The molecular weight excluding hydrogens is 215 g/mol. The molecule has 1 aromatic carbocycles. The number of benzene rings is 1. The van der Waals surface area contributed by atoms with Crippen molar-refractivity contribution in [3.05, 3.63) is 28.5 Å². The first-order valence-electron chi connectivity index (χ1n) is 4.95. The Morgan fingerprint density at radius 2 is 2.20 bits per heavy atom. The van der Waals surface area contributed by atoms with Crippen molar-refractivity contribution in [2.24, 2.45) is 0 Å². The Morgan fingerprint density at radius 3 is 2.87 bits per heavy atom. The van der Waals surface area contributed by atoms with Gasteiger partial charge in [0.1, 0.15) is 5.82 Å². The van der Waals surface area contributed by atoms with Crippen LogP contribution in [-0.2, 0) is 6.42 Å². The Bertz CT molecular complexity index is 355. The van der Waals surface area contributed by atoms with E-state index in [-0.39, 0.29) is 17.0 Å². The van der Waals surface area contributed by atoms with E-state index in [2.05, 4.69) is 11.8 Å². The molecule has 1 aliphatic rings. The molecule has 84 valence electrons. The van der Waals surface area contributed by atoms with Crippen molar-refractivity contribution in [1.29, 1.82) is 0 Å². The van der Waals surface area contributed by atoms with Crippen LogP contribution in [0.4, 0.5) is 10.1 Å². The average molecular weight is 231 g/mol. The van der Waals surface area contributed by atoms with E-state index in [4.69, 9.17) is 11.6 Å². The second-order valence-corrected chi connectivity index (χ2v) is 4.04. The average Bonchev–Trinajstić information content (AvgIpc) is 2.51. The summed E-state index contributed by atoms with van der Waals surface area (Å²) < 4.78 is 13.1. The summed E-state index contributed by atoms with van der Waals surface area (Å²) in [6.45, 7) is 4.15. The van der Waals surface area contributed by atoms with E-state index in [1.807, 2.05) is 0 Å². The van der Waals surface area contributed by atoms with Crippen molar-refractivity contribution in [1.82, 2.24) is 6.15 Å². The summed E-state index contributed by atoms with van der Waals surface area (Å²) >= 11 is 5.76. The van der Waals surface area contributed by atoms with Gasteiger partial charge < -0.3 is 11.1 Å². The standard InChI is InChI=1S/C11H13ClFN.H3N/c1-2-4-14-5-3-8-6-10(13)9(12)7-11(8)14;/h6-7H,2-5H2,1H3;1H3. The molecule has 0 aliphatic carbocycles. The smallest absolute Gasteiger partial charge is 0.142 e. The second-order valence-electron chi connectivity index (χ2n) is 3.63. The Kier molecular flexibility index (Phi) is 3.94. The molecule has 1 aliphatic heterocycles. The van der Waals surface area contributed by atoms with Gasteiger partial charge in [-0.05, 0) is 30.5 Å². The quantitative estimate of drug-likeness (QED) is 0.846. The van der Waals surface area contributed by atoms with Gasteiger partial charge in [-0.3, -0.25) is 0 Å². The van der Waals surface area contributed by atoms with Crippen LogP contribution < -0.4 is 11.1 Å². The molecule has 0 radical (unpaired) electrons. The van der Waals surface area contributed by atoms with E-state index in [9.17, 15) is 4.39 Å². The molecule has 0 saturated heterocycles.